The van der Waals surface area contributed by atoms with Crippen LogP contribution in [-0.2, 0) is 9.47 Å². The molecule has 1 heterocycles. The first-order valence-corrected chi connectivity index (χ1v) is 3.52. The van der Waals surface area contributed by atoms with Gasteiger partial charge < -0.3 is 14.6 Å². The van der Waals surface area contributed by atoms with Gasteiger partial charge in [-0.3, -0.25) is 0 Å². The summed E-state index contributed by atoms with van der Waals surface area (Å²) in [5, 5.41) is 17.3. The number of rotatable bonds is 2. The molecule has 1 saturated heterocycles. The van der Waals surface area contributed by atoms with Crippen molar-refractivity contribution in [1.29, 1.82) is 5.26 Å². The number of hydrogen-bond donors (Lipinski definition) is 1. The first kappa shape index (κ1) is 8.47. The second-order valence-electron chi connectivity index (χ2n) is 2.68. The Morgan fingerprint density at radius 2 is 2.18 bits per heavy atom. The Bertz CT molecular complexity index is 169. The molecule has 0 saturated carbocycles. The maximum absolute atomic E-state index is 8.96. The summed E-state index contributed by atoms with van der Waals surface area (Å²) in [5.41, 5.74) is 0. The van der Waals surface area contributed by atoms with Crippen LogP contribution in [-0.4, -0.2) is 30.2 Å². The predicted octanol–water partition coefficient (Wildman–Crippen LogP) is 0.0240. The Kier molecular flexibility index (Phi) is 2.45. The number of nitriles is 1. The molecule has 0 spiro atoms. The normalized spacial score (nSPS) is 24.5. The van der Waals surface area contributed by atoms with Gasteiger partial charge in [0.15, 0.2) is 5.79 Å². The standard InChI is InChI=1S/C7H11NO3/c1-7(4-6(9)5-8)10-2-3-11-7/h6,9H,2-4H2,1H3. The summed E-state index contributed by atoms with van der Waals surface area (Å²) in [6.07, 6.45) is -0.790. The van der Waals surface area contributed by atoms with Crippen molar-refractivity contribution in [3.8, 4) is 6.07 Å². The minimum absolute atomic E-state index is 0.212. The highest BCUT2D eigenvalue weighted by atomic mass is 16.7. The molecule has 4 heteroatoms. The van der Waals surface area contributed by atoms with E-state index in [-0.39, 0.29) is 6.42 Å². The van der Waals surface area contributed by atoms with Crippen molar-refractivity contribution in [3.63, 3.8) is 0 Å². The highest BCUT2D eigenvalue weighted by Gasteiger charge is 2.33. The lowest BCUT2D eigenvalue weighted by Gasteiger charge is -2.22. The average Bonchev–Trinajstić information content (AvgIpc) is 2.36. The zero-order chi connectivity index (χ0) is 8.32. The molecule has 0 aromatic rings. The molecule has 1 aliphatic heterocycles. The van der Waals surface area contributed by atoms with Crippen molar-refractivity contribution in [2.45, 2.75) is 25.2 Å². The van der Waals surface area contributed by atoms with Crippen molar-refractivity contribution >= 4 is 0 Å². The molecule has 1 N–H and O–H groups in total. The van der Waals surface area contributed by atoms with Crippen LogP contribution in [0.25, 0.3) is 0 Å². The van der Waals surface area contributed by atoms with Crippen LogP contribution < -0.4 is 0 Å². The van der Waals surface area contributed by atoms with Gasteiger partial charge >= 0.3 is 0 Å². The highest BCUT2D eigenvalue weighted by molar-refractivity contribution is 4.87. The van der Waals surface area contributed by atoms with Crippen molar-refractivity contribution in [3.05, 3.63) is 0 Å². The SMILES string of the molecule is CC1(CC(O)C#N)OCCO1. The fraction of sp³-hybridized carbons (Fsp3) is 0.857. The third kappa shape index (κ3) is 2.15. The lowest BCUT2D eigenvalue weighted by atomic mass is 10.1. The van der Waals surface area contributed by atoms with Crippen LogP contribution in [0.1, 0.15) is 13.3 Å². The van der Waals surface area contributed by atoms with Crippen LogP contribution in [0.2, 0.25) is 0 Å². The maximum atomic E-state index is 8.96. The molecule has 62 valence electrons. The number of ether oxygens (including phenoxy) is 2. The molecule has 1 unspecified atom stereocenters. The summed E-state index contributed by atoms with van der Waals surface area (Å²) < 4.78 is 10.4. The Morgan fingerprint density at radius 3 is 2.64 bits per heavy atom. The lowest BCUT2D eigenvalue weighted by molar-refractivity contribution is -0.157. The molecular formula is C7H11NO3. The van der Waals surface area contributed by atoms with E-state index in [9.17, 15) is 0 Å². The molecule has 0 aliphatic carbocycles. The molecule has 0 aromatic carbocycles. The van der Waals surface area contributed by atoms with E-state index in [1.54, 1.807) is 13.0 Å². The first-order valence-electron chi connectivity index (χ1n) is 3.52. The lowest BCUT2D eigenvalue weighted by Crippen LogP contribution is -2.30. The maximum Gasteiger partial charge on any atom is 0.169 e. The van der Waals surface area contributed by atoms with Crippen molar-refractivity contribution in [2.24, 2.45) is 0 Å². The number of hydrogen-bond acceptors (Lipinski definition) is 4. The predicted molar refractivity (Wildman–Crippen MR) is 36.5 cm³/mol. The molecule has 11 heavy (non-hydrogen) atoms. The van der Waals surface area contributed by atoms with E-state index in [0.29, 0.717) is 13.2 Å². The molecular weight excluding hydrogens is 146 g/mol. The Labute approximate surface area is 65.3 Å². The molecule has 4 nitrogen and oxygen atoms in total. The van der Waals surface area contributed by atoms with E-state index in [1.165, 1.54) is 0 Å². The van der Waals surface area contributed by atoms with E-state index < -0.39 is 11.9 Å². The van der Waals surface area contributed by atoms with Gasteiger partial charge in [-0.05, 0) is 6.92 Å². The summed E-state index contributed by atoms with van der Waals surface area (Å²) >= 11 is 0. The number of aliphatic hydroxyl groups excluding tert-OH is 1. The highest BCUT2D eigenvalue weighted by Crippen LogP contribution is 2.23. The van der Waals surface area contributed by atoms with Crippen LogP contribution in [0.4, 0.5) is 0 Å². The first-order chi connectivity index (χ1) is 5.16. The van der Waals surface area contributed by atoms with Crippen LogP contribution in [0.5, 0.6) is 0 Å². The molecule has 0 aromatic heterocycles. The topological polar surface area (TPSA) is 62.5 Å². The van der Waals surface area contributed by atoms with Gasteiger partial charge in [-0.1, -0.05) is 0 Å². The smallest absolute Gasteiger partial charge is 0.169 e. The Hall–Kier alpha value is -0.630. The van der Waals surface area contributed by atoms with E-state index >= 15 is 0 Å². The summed E-state index contributed by atoms with van der Waals surface area (Å²) in [5.74, 6) is -0.755. The van der Waals surface area contributed by atoms with Crippen LogP contribution in [0.3, 0.4) is 0 Å². The van der Waals surface area contributed by atoms with Gasteiger partial charge in [0.05, 0.1) is 19.3 Å². The minimum atomic E-state index is -1.00. The van der Waals surface area contributed by atoms with Gasteiger partial charge in [0.25, 0.3) is 0 Å². The quantitative estimate of drug-likeness (QED) is 0.574. The van der Waals surface area contributed by atoms with E-state index in [1.807, 2.05) is 0 Å². The van der Waals surface area contributed by atoms with Gasteiger partial charge in [-0.2, -0.15) is 5.26 Å². The zero-order valence-electron chi connectivity index (χ0n) is 6.41. The molecule has 1 fully saturated rings. The van der Waals surface area contributed by atoms with Gasteiger partial charge in [0.2, 0.25) is 0 Å². The second-order valence-corrected chi connectivity index (χ2v) is 2.68. The second kappa shape index (κ2) is 3.18. The Balaban J connectivity index is 2.41. The fourth-order valence-electron chi connectivity index (χ4n) is 1.07. The van der Waals surface area contributed by atoms with Crippen LogP contribution in [0.15, 0.2) is 0 Å². The number of nitrogens with zero attached hydrogens (tertiary/aromatic N) is 1. The average molecular weight is 157 g/mol. The van der Waals surface area contributed by atoms with Crippen LogP contribution in [0, 0.1) is 11.3 Å². The van der Waals surface area contributed by atoms with E-state index in [2.05, 4.69) is 0 Å². The molecule has 1 aliphatic rings. The monoisotopic (exact) mass is 157 g/mol. The van der Waals surface area contributed by atoms with Gasteiger partial charge in [0, 0.05) is 6.42 Å². The molecule has 0 bridgehead atoms. The summed E-state index contributed by atoms with van der Waals surface area (Å²) in [7, 11) is 0. The van der Waals surface area contributed by atoms with E-state index in [0.717, 1.165) is 0 Å². The van der Waals surface area contributed by atoms with Crippen molar-refractivity contribution in [2.75, 3.05) is 13.2 Å². The van der Waals surface area contributed by atoms with Crippen LogP contribution >= 0.6 is 0 Å². The zero-order valence-corrected chi connectivity index (χ0v) is 6.41. The minimum Gasteiger partial charge on any atom is -0.378 e. The van der Waals surface area contributed by atoms with E-state index in [4.69, 9.17) is 19.8 Å². The summed E-state index contributed by atoms with van der Waals surface area (Å²) in [6, 6.07) is 1.71. The van der Waals surface area contributed by atoms with Crippen molar-refractivity contribution < 1.29 is 14.6 Å². The third-order valence-electron chi connectivity index (χ3n) is 1.61. The van der Waals surface area contributed by atoms with Crippen molar-refractivity contribution in [1.82, 2.24) is 0 Å². The molecule has 1 atom stereocenters. The molecule has 0 radical (unpaired) electrons. The molecule has 0 amide bonds. The molecule has 1 rings (SSSR count). The Morgan fingerprint density at radius 1 is 1.64 bits per heavy atom. The van der Waals surface area contributed by atoms with Gasteiger partial charge in [-0.25, -0.2) is 0 Å². The largest absolute Gasteiger partial charge is 0.378 e. The van der Waals surface area contributed by atoms with Gasteiger partial charge in [0.1, 0.15) is 6.10 Å². The third-order valence-corrected chi connectivity index (χ3v) is 1.61. The van der Waals surface area contributed by atoms with Gasteiger partial charge in [-0.15, -0.1) is 0 Å². The fourth-order valence-corrected chi connectivity index (χ4v) is 1.07. The summed E-state index contributed by atoms with van der Waals surface area (Å²) in [4.78, 5) is 0. The summed E-state index contributed by atoms with van der Waals surface area (Å²) in [6.45, 7) is 2.80. The number of aliphatic hydroxyl groups is 1.